The number of fused-ring (bicyclic) bond motifs is 1. The van der Waals surface area contributed by atoms with Gasteiger partial charge in [0.15, 0.2) is 11.5 Å². The molecule has 2 N–H and O–H groups in total. The molecule has 2 aromatic rings. The van der Waals surface area contributed by atoms with Crippen LogP contribution in [0.1, 0.15) is 41.3 Å². The summed E-state index contributed by atoms with van der Waals surface area (Å²) in [5.41, 5.74) is 3.29. The van der Waals surface area contributed by atoms with Crippen molar-refractivity contribution in [2.75, 3.05) is 18.7 Å². The van der Waals surface area contributed by atoms with Crippen LogP contribution in [-0.2, 0) is 4.79 Å². The van der Waals surface area contributed by atoms with E-state index >= 15 is 0 Å². The van der Waals surface area contributed by atoms with Gasteiger partial charge in [0.25, 0.3) is 5.91 Å². The standard InChI is InChI=1S/C20H22N2O4/c1-12(2)15-6-4-5-13(3)19(15)22-18(23)10-21-20(24)14-7-8-16-17(9-14)26-11-25-16/h4-9,12H,10-11H2,1-3H3,(H,21,24)(H,22,23). The number of aryl methyl sites for hydroxylation is 1. The molecule has 6 nitrogen and oxygen atoms in total. The molecule has 26 heavy (non-hydrogen) atoms. The smallest absolute Gasteiger partial charge is 0.251 e. The third kappa shape index (κ3) is 3.79. The van der Waals surface area contributed by atoms with E-state index in [0.717, 1.165) is 16.8 Å². The number of rotatable bonds is 5. The van der Waals surface area contributed by atoms with Gasteiger partial charge in [-0.2, -0.15) is 0 Å². The van der Waals surface area contributed by atoms with Gasteiger partial charge in [0, 0.05) is 11.3 Å². The number of carbonyl (C=O) groups excluding carboxylic acids is 2. The quantitative estimate of drug-likeness (QED) is 0.864. The van der Waals surface area contributed by atoms with Crippen LogP contribution in [-0.4, -0.2) is 25.2 Å². The first-order valence-electron chi connectivity index (χ1n) is 8.53. The Labute approximate surface area is 152 Å². The fraction of sp³-hybridized carbons (Fsp3) is 0.300. The van der Waals surface area contributed by atoms with E-state index in [1.807, 2.05) is 25.1 Å². The minimum absolute atomic E-state index is 0.112. The van der Waals surface area contributed by atoms with Crippen molar-refractivity contribution in [2.45, 2.75) is 26.7 Å². The van der Waals surface area contributed by atoms with Gasteiger partial charge in [0.2, 0.25) is 12.7 Å². The maximum atomic E-state index is 12.3. The SMILES string of the molecule is Cc1cccc(C(C)C)c1NC(=O)CNC(=O)c1ccc2c(c1)OCO2. The topological polar surface area (TPSA) is 76.7 Å². The highest BCUT2D eigenvalue weighted by Gasteiger charge is 2.17. The van der Waals surface area contributed by atoms with Gasteiger partial charge in [-0.15, -0.1) is 0 Å². The van der Waals surface area contributed by atoms with Gasteiger partial charge in [-0.05, 0) is 42.2 Å². The molecule has 0 atom stereocenters. The zero-order valence-corrected chi connectivity index (χ0v) is 15.1. The molecule has 0 unspecified atom stereocenters. The lowest BCUT2D eigenvalue weighted by Gasteiger charge is -2.16. The molecule has 1 aliphatic rings. The predicted molar refractivity (Wildman–Crippen MR) is 98.8 cm³/mol. The van der Waals surface area contributed by atoms with Gasteiger partial charge < -0.3 is 20.1 Å². The largest absolute Gasteiger partial charge is 0.454 e. The van der Waals surface area contributed by atoms with Crippen molar-refractivity contribution in [3.8, 4) is 11.5 Å². The molecule has 1 heterocycles. The number of nitrogens with one attached hydrogen (secondary N) is 2. The fourth-order valence-electron chi connectivity index (χ4n) is 2.83. The molecule has 0 bridgehead atoms. The van der Waals surface area contributed by atoms with E-state index < -0.39 is 0 Å². The zero-order valence-electron chi connectivity index (χ0n) is 15.1. The van der Waals surface area contributed by atoms with E-state index in [-0.39, 0.29) is 31.1 Å². The molecular weight excluding hydrogens is 332 g/mol. The highest BCUT2D eigenvalue weighted by atomic mass is 16.7. The number of carbonyl (C=O) groups is 2. The van der Waals surface area contributed by atoms with Crippen molar-refractivity contribution in [2.24, 2.45) is 0 Å². The molecule has 0 saturated carbocycles. The highest BCUT2D eigenvalue weighted by Crippen LogP contribution is 2.32. The second-order valence-electron chi connectivity index (χ2n) is 6.49. The normalized spacial score (nSPS) is 12.2. The summed E-state index contributed by atoms with van der Waals surface area (Å²) in [5, 5.41) is 5.54. The van der Waals surface area contributed by atoms with Crippen molar-refractivity contribution < 1.29 is 19.1 Å². The summed E-state index contributed by atoms with van der Waals surface area (Å²) in [6.45, 7) is 6.14. The summed E-state index contributed by atoms with van der Waals surface area (Å²) in [5.74, 6) is 0.819. The lowest BCUT2D eigenvalue weighted by Crippen LogP contribution is -2.33. The summed E-state index contributed by atoms with van der Waals surface area (Å²) in [7, 11) is 0. The highest BCUT2D eigenvalue weighted by molar-refractivity contribution is 6.00. The number of para-hydroxylation sites is 1. The predicted octanol–water partition coefficient (Wildman–Crippen LogP) is 3.22. The van der Waals surface area contributed by atoms with Gasteiger partial charge in [-0.3, -0.25) is 9.59 Å². The first kappa shape index (κ1) is 17.8. The Morgan fingerprint density at radius 1 is 1.12 bits per heavy atom. The molecule has 0 saturated heterocycles. The zero-order chi connectivity index (χ0) is 18.7. The average molecular weight is 354 g/mol. The van der Waals surface area contributed by atoms with Crippen LogP contribution in [0.4, 0.5) is 5.69 Å². The second kappa shape index (κ2) is 7.47. The van der Waals surface area contributed by atoms with E-state index in [4.69, 9.17) is 9.47 Å². The maximum Gasteiger partial charge on any atom is 0.251 e. The number of hydrogen-bond acceptors (Lipinski definition) is 4. The van der Waals surface area contributed by atoms with Crippen LogP contribution in [0.3, 0.4) is 0 Å². The Kier molecular flexibility index (Phi) is 5.11. The Morgan fingerprint density at radius 3 is 2.65 bits per heavy atom. The van der Waals surface area contributed by atoms with Crippen molar-refractivity contribution in [1.82, 2.24) is 5.32 Å². The lowest BCUT2D eigenvalue weighted by atomic mass is 9.98. The van der Waals surface area contributed by atoms with Gasteiger partial charge in [-0.25, -0.2) is 0 Å². The summed E-state index contributed by atoms with van der Waals surface area (Å²) in [6, 6.07) is 10.8. The molecule has 2 aromatic carbocycles. The van der Waals surface area contributed by atoms with Crippen LogP contribution < -0.4 is 20.1 Å². The van der Waals surface area contributed by atoms with Crippen LogP contribution >= 0.6 is 0 Å². The van der Waals surface area contributed by atoms with Crippen LogP contribution in [0.5, 0.6) is 11.5 Å². The number of benzene rings is 2. The molecular formula is C20H22N2O4. The van der Waals surface area contributed by atoms with E-state index in [2.05, 4.69) is 24.5 Å². The number of hydrogen-bond donors (Lipinski definition) is 2. The van der Waals surface area contributed by atoms with E-state index in [9.17, 15) is 9.59 Å². The number of amides is 2. The molecule has 0 aromatic heterocycles. The number of anilines is 1. The van der Waals surface area contributed by atoms with Crippen molar-refractivity contribution >= 4 is 17.5 Å². The molecule has 0 radical (unpaired) electrons. The molecule has 2 amide bonds. The summed E-state index contributed by atoms with van der Waals surface area (Å²) in [4.78, 5) is 24.5. The van der Waals surface area contributed by atoms with Gasteiger partial charge in [0.1, 0.15) is 0 Å². The van der Waals surface area contributed by atoms with Gasteiger partial charge in [0.05, 0.1) is 6.54 Å². The Morgan fingerprint density at radius 2 is 1.88 bits per heavy atom. The minimum Gasteiger partial charge on any atom is -0.454 e. The maximum absolute atomic E-state index is 12.3. The lowest BCUT2D eigenvalue weighted by molar-refractivity contribution is -0.115. The molecule has 0 aliphatic carbocycles. The van der Waals surface area contributed by atoms with E-state index in [1.54, 1.807) is 18.2 Å². The van der Waals surface area contributed by atoms with Crippen molar-refractivity contribution in [1.29, 1.82) is 0 Å². The summed E-state index contributed by atoms with van der Waals surface area (Å²) < 4.78 is 10.5. The second-order valence-corrected chi connectivity index (χ2v) is 6.49. The van der Waals surface area contributed by atoms with Crippen LogP contribution in [0.15, 0.2) is 36.4 Å². The first-order valence-corrected chi connectivity index (χ1v) is 8.53. The summed E-state index contributed by atoms with van der Waals surface area (Å²) >= 11 is 0. The average Bonchev–Trinajstić information content (AvgIpc) is 3.08. The van der Waals surface area contributed by atoms with Gasteiger partial charge >= 0.3 is 0 Å². The Hall–Kier alpha value is -3.02. The molecule has 0 fully saturated rings. The summed E-state index contributed by atoms with van der Waals surface area (Å²) in [6.07, 6.45) is 0. The van der Waals surface area contributed by atoms with E-state index in [1.165, 1.54) is 0 Å². The molecule has 1 aliphatic heterocycles. The van der Waals surface area contributed by atoms with Crippen LogP contribution in [0.25, 0.3) is 0 Å². The molecule has 3 rings (SSSR count). The van der Waals surface area contributed by atoms with Crippen LogP contribution in [0.2, 0.25) is 0 Å². The Balaban J connectivity index is 1.62. The van der Waals surface area contributed by atoms with Gasteiger partial charge in [-0.1, -0.05) is 32.0 Å². The molecule has 0 spiro atoms. The van der Waals surface area contributed by atoms with Crippen LogP contribution in [0, 0.1) is 6.92 Å². The third-order valence-corrected chi connectivity index (χ3v) is 4.24. The third-order valence-electron chi connectivity index (χ3n) is 4.24. The monoisotopic (exact) mass is 354 g/mol. The van der Waals surface area contributed by atoms with E-state index in [0.29, 0.717) is 17.1 Å². The molecule has 136 valence electrons. The van der Waals surface area contributed by atoms with Crippen molar-refractivity contribution in [3.63, 3.8) is 0 Å². The molecule has 6 heteroatoms. The van der Waals surface area contributed by atoms with Crippen molar-refractivity contribution in [3.05, 3.63) is 53.1 Å². The first-order chi connectivity index (χ1) is 12.5. The fourth-order valence-corrected chi connectivity index (χ4v) is 2.83. The minimum atomic E-state index is -0.340. The Bertz CT molecular complexity index is 846. The number of ether oxygens (including phenoxy) is 2.